The smallest absolute Gasteiger partial charge is 0.274 e. The second-order valence-corrected chi connectivity index (χ2v) is 8.29. The van der Waals surface area contributed by atoms with Crippen molar-refractivity contribution in [3.63, 3.8) is 0 Å². The third-order valence-electron chi connectivity index (χ3n) is 4.49. The molecule has 1 amide bonds. The van der Waals surface area contributed by atoms with E-state index in [9.17, 15) is 26.4 Å². The maximum Gasteiger partial charge on any atom is 0.416 e. The van der Waals surface area contributed by atoms with Crippen LogP contribution in [0.1, 0.15) is 34.6 Å². The van der Waals surface area contributed by atoms with Crippen LogP contribution in [0.4, 0.5) is 13.2 Å². The molecule has 1 fully saturated rings. The zero-order valence-corrected chi connectivity index (χ0v) is 15.2. The molecule has 0 bridgehead atoms. The van der Waals surface area contributed by atoms with Crippen molar-refractivity contribution < 1.29 is 26.4 Å². The van der Waals surface area contributed by atoms with Gasteiger partial charge in [0.05, 0.1) is 22.9 Å². The zero-order chi connectivity index (χ0) is 20.5. The molecule has 1 saturated carbocycles. The number of sulfonamides is 1. The SMILES string of the molecule is N#Cc1ccc(CS(=O)(=O)NC(=O)C2CC2c2ccccc2C(F)(F)F)cc1. The molecule has 146 valence electrons. The van der Waals surface area contributed by atoms with Crippen LogP contribution in [0.5, 0.6) is 0 Å². The molecule has 0 spiro atoms. The molecular weight excluding hydrogens is 393 g/mol. The van der Waals surface area contributed by atoms with Gasteiger partial charge in [-0.3, -0.25) is 9.52 Å². The van der Waals surface area contributed by atoms with Gasteiger partial charge in [0.15, 0.2) is 0 Å². The highest BCUT2D eigenvalue weighted by Crippen LogP contribution is 2.51. The van der Waals surface area contributed by atoms with Gasteiger partial charge in [0.25, 0.3) is 0 Å². The number of nitriles is 1. The molecule has 2 atom stereocenters. The Hall–Kier alpha value is -2.86. The molecule has 9 heteroatoms. The molecule has 0 heterocycles. The third-order valence-corrected chi connectivity index (χ3v) is 5.71. The van der Waals surface area contributed by atoms with Gasteiger partial charge in [0, 0.05) is 5.92 Å². The molecule has 5 nitrogen and oxygen atoms in total. The van der Waals surface area contributed by atoms with Crippen LogP contribution in [0.25, 0.3) is 0 Å². The van der Waals surface area contributed by atoms with Crippen LogP contribution in [0, 0.1) is 17.2 Å². The van der Waals surface area contributed by atoms with Crippen molar-refractivity contribution in [3.8, 4) is 6.07 Å². The van der Waals surface area contributed by atoms with Gasteiger partial charge in [-0.05, 0) is 41.7 Å². The molecule has 0 saturated heterocycles. The lowest BCUT2D eigenvalue weighted by atomic mass is 10.0. The second kappa shape index (κ2) is 7.28. The van der Waals surface area contributed by atoms with Crippen LogP contribution in [0.3, 0.4) is 0 Å². The van der Waals surface area contributed by atoms with E-state index in [1.807, 2.05) is 10.8 Å². The van der Waals surface area contributed by atoms with E-state index in [-0.39, 0.29) is 12.0 Å². The van der Waals surface area contributed by atoms with Crippen LogP contribution in [-0.4, -0.2) is 14.3 Å². The predicted octanol–water partition coefficient (Wildman–Crippen LogP) is 3.33. The average Bonchev–Trinajstić information content (AvgIpc) is 3.42. The summed E-state index contributed by atoms with van der Waals surface area (Å²) in [5, 5.41) is 8.74. The van der Waals surface area contributed by atoms with Gasteiger partial charge in [0.2, 0.25) is 15.9 Å². The fraction of sp³-hybridized carbons (Fsp3) is 0.263. The van der Waals surface area contributed by atoms with Crippen molar-refractivity contribution in [2.24, 2.45) is 5.92 Å². The van der Waals surface area contributed by atoms with Crippen molar-refractivity contribution >= 4 is 15.9 Å². The first-order valence-electron chi connectivity index (χ1n) is 8.30. The highest BCUT2D eigenvalue weighted by molar-refractivity contribution is 7.89. The Morgan fingerprint density at radius 2 is 1.79 bits per heavy atom. The molecular formula is C19H15F3N2O3S. The minimum absolute atomic E-state index is 0.000333. The van der Waals surface area contributed by atoms with E-state index in [1.165, 1.54) is 42.5 Å². The lowest BCUT2D eigenvalue weighted by molar-refractivity contribution is -0.138. The van der Waals surface area contributed by atoms with Crippen LogP contribution in [-0.2, 0) is 26.7 Å². The lowest BCUT2D eigenvalue weighted by Crippen LogP contribution is -2.33. The van der Waals surface area contributed by atoms with Crippen molar-refractivity contribution in [1.29, 1.82) is 5.26 Å². The number of halogens is 3. The van der Waals surface area contributed by atoms with Crippen LogP contribution >= 0.6 is 0 Å². The summed E-state index contributed by atoms with van der Waals surface area (Å²) in [5.74, 6) is -2.76. The van der Waals surface area contributed by atoms with Gasteiger partial charge >= 0.3 is 6.18 Å². The number of rotatable bonds is 5. The average molecular weight is 408 g/mol. The number of amides is 1. The Morgan fingerprint density at radius 1 is 1.14 bits per heavy atom. The fourth-order valence-corrected chi connectivity index (χ4v) is 4.23. The number of alkyl halides is 3. The van der Waals surface area contributed by atoms with Crippen molar-refractivity contribution in [1.82, 2.24) is 4.72 Å². The first kappa shape index (κ1) is 19.9. The van der Waals surface area contributed by atoms with Gasteiger partial charge < -0.3 is 0 Å². The van der Waals surface area contributed by atoms with E-state index < -0.39 is 45.3 Å². The standard InChI is InChI=1S/C19H15F3N2O3S/c20-19(21,22)17-4-2-1-3-14(17)15-9-16(15)18(25)24-28(26,27)11-13-7-5-12(10-23)6-8-13/h1-8,15-16H,9,11H2,(H,24,25). The molecule has 0 aliphatic heterocycles. The molecule has 2 aromatic rings. The van der Waals surface area contributed by atoms with Crippen molar-refractivity contribution in [2.75, 3.05) is 0 Å². The highest BCUT2D eigenvalue weighted by Gasteiger charge is 2.48. The van der Waals surface area contributed by atoms with Crippen LogP contribution in [0.2, 0.25) is 0 Å². The van der Waals surface area contributed by atoms with Crippen molar-refractivity contribution in [3.05, 3.63) is 70.8 Å². The molecule has 3 rings (SSSR count). The first-order chi connectivity index (χ1) is 13.1. The highest BCUT2D eigenvalue weighted by atomic mass is 32.2. The number of benzene rings is 2. The minimum atomic E-state index is -4.54. The van der Waals surface area contributed by atoms with E-state index >= 15 is 0 Å². The van der Waals surface area contributed by atoms with Gasteiger partial charge in [-0.25, -0.2) is 8.42 Å². The quantitative estimate of drug-likeness (QED) is 0.822. The molecule has 2 aromatic carbocycles. The maximum atomic E-state index is 13.1. The first-order valence-corrected chi connectivity index (χ1v) is 9.95. The van der Waals surface area contributed by atoms with Crippen LogP contribution in [0.15, 0.2) is 48.5 Å². The Morgan fingerprint density at radius 3 is 2.39 bits per heavy atom. The summed E-state index contributed by atoms with van der Waals surface area (Å²) in [5.41, 5.74) is -0.0567. The predicted molar refractivity (Wildman–Crippen MR) is 94.2 cm³/mol. The third kappa shape index (κ3) is 4.51. The molecule has 28 heavy (non-hydrogen) atoms. The Bertz CT molecular complexity index is 1040. The number of hydrogen-bond acceptors (Lipinski definition) is 4. The summed E-state index contributed by atoms with van der Waals surface area (Å²) in [4.78, 5) is 12.2. The van der Waals surface area contributed by atoms with Gasteiger partial charge in [-0.2, -0.15) is 18.4 Å². The molecule has 0 aromatic heterocycles. The maximum absolute atomic E-state index is 13.1. The molecule has 0 radical (unpaired) electrons. The molecule has 1 aliphatic carbocycles. The van der Waals surface area contributed by atoms with Gasteiger partial charge in [0.1, 0.15) is 0 Å². The number of nitrogens with one attached hydrogen (secondary N) is 1. The van der Waals surface area contributed by atoms with Crippen molar-refractivity contribution in [2.45, 2.75) is 24.3 Å². The number of carbonyl (C=O) groups excluding carboxylic acids is 1. The van der Waals surface area contributed by atoms with E-state index in [2.05, 4.69) is 0 Å². The number of nitrogens with zero attached hydrogens (tertiary/aromatic N) is 1. The Kier molecular flexibility index (Phi) is 5.17. The monoisotopic (exact) mass is 408 g/mol. The van der Waals surface area contributed by atoms with Crippen LogP contribution < -0.4 is 4.72 Å². The lowest BCUT2D eigenvalue weighted by Gasteiger charge is -2.12. The Balaban J connectivity index is 1.67. The summed E-state index contributed by atoms with van der Waals surface area (Å²) < 4.78 is 65.7. The summed E-state index contributed by atoms with van der Waals surface area (Å²) in [7, 11) is -4.01. The minimum Gasteiger partial charge on any atom is -0.274 e. The second-order valence-electron chi connectivity index (χ2n) is 6.57. The number of carbonyl (C=O) groups is 1. The van der Waals surface area contributed by atoms with E-state index in [4.69, 9.17) is 5.26 Å². The number of hydrogen-bond donors (Lipinski definition) is 1. The van der Waals surface area contributed by atoms with Gasteiger partial charge in [-0.1, -0.05) is 30.3 Å². The molecule has 1 N–H and O–H groups in total. The zero-order valence-electron chi connectivity index (χ0n) is 14.4. The van der Waals surface area contributed by atoms with Gasteiger partial charge in [-0.15, -0.1) is 0 Å². The van der Waals surface area contributed by atoms with E-state index in [0.29, 0.717) is 11.1 Å². The summed E-state index contributed by atoms with van der Waals surface area (Å²) >= 11 is 0. The molecule has 2 unspecified atom stereocenters. The van der Waals surface area contributed by atoms with E-state index in [0.717, 1.165) is 6.07 Å². The Labute approximate surface area is 159 Å². The summed E-state index contributed by atoms with van der Waals surface area (Å²) in [6.07, 6.45) is -4.38. The normalized spacial score (nSPS) is 18.9. The topological polar surface area (TPSA) is 87.0 Å². The summed E-state index contributed by atoms with van der Waals surface area (Å²) in [6.45, 7) is 0. The molecule has 1 aliphatic rings. The summed E-state index contributed by atoms with van der Waals surface area (Å²) in [6, 6.07) is 12.7. The fourth-order valence-electron chi connectivity index (χ4n) is 3.07. The largest absolute Gasteiger partial charge is 0.416 e. The van der Waals surface area contributed by atoms with E-state index in [1.54, 1.807) is 0 Å².